The van der Waals surface area contributed by atoms with Gasteiger partial charge >= 0.3 is 0 Å². The predicted molar refractivity (Wildman–Crippen MR) is 85.1 cm³/mol. The number of fused-ring (bicyclic) bond motifs is 1. The SMILES string of the molecule is CCc1cc(NCCN2C[C@@H](C)O[C@@H](C)C2)n2ncnc2n1. The Kier molecular flexibility index (Phi) is 4.54. The van der Waals surface area contributed by atoms with Crippen molar-refractivity contribution in [2.24, 2.45) is 0 Å². The van der Waals surface area contributed by atoms with Gasteiger partial charge in [0.2, 0.25) is 0 Å². The van der Waals surface area contributed by atoms with Gasteiger partial charge < -0.3 is 10.1 Å². The molecule has 0 spiro atoms. The lowest BCUT2D eigenvalue weighted by Crippen LogP contribution is -2.46. The average molecular weight is 304 g/mol. The van der Waals surface area contributed by atoms with E-state index in [-0.39, 0.29) is 0 Å². The molecule has 2 aromatic heterocycles. The monoisotopic (exact) mass is 304 g/mol. The molecule has 0 bridgehead atoms. The van der Waals surface area contributed by atoms with E-state index in [1.807, 2.05) is 6.07 Å². The molecule has 22 heavy (non-hydrogen) atoms. The third-order valence-corrected chi connectivity index (χ3v) is 3.90. The molecule has 1 N–H and O–H groups in total. The van der Waals surface area contributed by atoms with Crippen LogP contribution < -0.4 is 5.32 Å². The second-order valence-electron chi connectivity index (χ2n) is 5.90. The highest BCUT2D eigenvalue weighted by atomic mass is 16.5. The second kappa shape index (κ2) is 6.58. The smallest absolute Gasteiger partial charge is 0.254 e. The lowest BCUT2D eigenvalue weighted by Gasteiger charge is -2.35. The van der Waals surface area contributed by atoms with E-state index < -0.39 is 0 Å². The van der Waals surface area contributed by atoms with Crippen LogP contribution in [-0.4, -0.2) is 62.9 Å². The quantitative estimate of drug-likeness (QED) is 0.895. The Labute approximate surface area is 130 Å². The van der Waals surface area contributed by atoms with E-state index in [0.717, 1.165) is 44.1 Å². The standard InChI is InChI=1S/C15H24N6O/c1-4-13-7-14(21-15(19-13)17-10-18-21)16-5-6-20-8-11(2)22-12(3)9-20/h7,10-12,16H,4-6,8-9H2,1-3H3/t11-,12+. The topological polar surface area (TPSA) is 67.6 Å². The highest BCUT2D eigenvalue weighted by Crippen LogP contribution is 2.12. The molecule has 2 atom stereocenters. The molecule has 120 valence electrons. The number of aromatic nitrogens is 4. The third kappa shape index (κ3) is 3.36. The number of nitrogens with one attached hydrogen (secondary N) is 1. The molecule has 0 amide bonds. The zero-order valence-corrected chi connectivity index (χ0v) is 13.5. The van der Waals surface area contributed by atoms with Crippen LogP contribution in [0.3, 0.4) is 0 Å². The van der Waals surface area contributed by atoms with Gasteiger partial charge in [0.15, 0.2) is 0 Å². The maximum atomic E-state index is 5.77. The van der Waals surface area contributed by atoms with Crippen molar-refractivity contribution in [3.63, 3.8) is 0 Å². The summed E-state index contributed by atoms with van der Waals surface area (Å²) in [6, 6.07) is 2.05. The van der Waals surface area contributed by atoms with E-state index in [1.165, 1.54) is 6.33 Å². The van der Waals surface area contributed by atoms with Gasteiger partial charge in [-0.3, -0.25) is 4.90 Å². The third-order valence-electron chi connectivity index (χ3n) is 3.90. The van der Waals surface area contributed by atoms with Crippen molar-refractivity contribution >= 4 is 11.6 Å². The summed E-state index contributed by atoms with van der Waals surface area (Å²) in [5.41, 5.74) is 1.02. The molecular weight excluding hydrogens is 280 g/mol. The van der Waals surface area contributed by atoms with Crippen LogP contribution in [0, 0.1) is 0 Å². The Hall–Kier alpha value is -1.73. The van der Waals surface area contributed by atoms with E-state index in [0.29, 0.717) is 18.0 Å². The summed E-state index contributed by atoms with van der Waals surface area (Å²) in [5.74, 6) is 1.60. The van der Waals surface area contributed by atoms with Crippen molar-refractivity contribution in [2.45, 2.75) is 39.4 Å². The number of rotatable bonds is 5. The Bertz CT molecular complexity index is 618. The van der Waals surface area contributed by atoms with Gasteiger partial charge in [-0.25, -0.2) is 4.98 Å². The summed E-state index contributed by atoms with van der Waals surface area (Å²) in [4.78, 5) is 11.1. The van der Waals surface area contributed by atoms with Crippen molar-refractivity contribution in [1.29, 1.82) is 0 Å². The highest BCUT2D eigenvalue weighted by molar-refractivity contribution is 5.44. The maximum Gasteiger partial charge on any atom is 0.254 e. The van der Waals surface area contributed by atoms with Gasteiger partial charge in [0.25, 0.3) is 5.78 Å². The molecule has 1 fully saturated rings. The number of morpholine rings is 1. The first-order chi connectivity index (χ1) is 10.7. The molecule has 1 aliphatic rings. The predicted octanol–water partition coefficient (Wildman–Crippen LogP) is 1.21. The lowest BCUT2D eigenvalue weighted by molar-refractivity contribution is -0.0667. The van der Waals surface area contributed by atoms with E-state index in [2.05, 4.69) is 46.1 Å². The molecule has 1 saturated heterocycles. The number of aryl methyl sites for hydroxylation is 1. The van der Waals surface area contributed by atoms with Crippen LogP contribution in [-0.2, 0) is 11.2 Å². The molecule has 3 rings (SSSR count). The van der Waals surface area contributed by atoms with Crippen LogP contribution in [0.25, 0.3) is 5.78 Å². The van der Waals surface area contributed by atoms with Crippen LogP contribution in [0.1, 0.15) is 26.5 Å². The van der Waals surface area contributed by atoms with Crippen LogP contribution in [0.15, 0.2) is 12.4 Å². The first kappa shape index (κ1) is 15.2. The highest BCUT2D eigenvalue weighted by Gasteiger charge is 2.21. The Balaban J connectivity index is 1.63. The number of hydrogen-bond acceptors (Lipinski definition) is 6. The molecule has 2 aromatic rings. The molecule has 1 aliphatic heterocycles. The molecule has 7 heteroatoms. The molecule has 7 nitrogen and oxygen atoms in total. The Morgan fingerprint density at radius 2 is 2.09 bits per heavy atom. The fourth-order valence-corrected chi connectivity index (χ4v) is 2.98. The lowest BCUT2D eigenvalue weighted by atomic mass is 10.2. The number of nitrogens with zero attached hydrogens (tertiary/aromatic N) is 5. The molecule has 3 heterocycles. The van der Waals surface area contributed by atoms with Crippen molar-refractivity contribution in [3.05, 3.63) is 18.1 Å². The van der Waals surface area contributed by atoms with Crippen LogP contribution in [0.4, 0.5) is 5.82 Å². The van der Waals surface area contributed by atoms with Crippen LogP contribution in [0.2, 0.25) is 0 Å². The molecule has 0 unspecified atom stereocenters. The summed E-state index contributed by atoms with van der Waals surface area (Å²) < 4.78 is 7.52. The first-order valence-corrected chi connectivity index (χ1v) is 7.97. The minimum atomic E-state index is 0.304. The fraction of sp³-hybridized carbons (Fsp3) is 0.667. The van der Waals surface area contributed by atoms with Gasteiger partial charge in [-0.1, -0.05) is 6.92 Å². The molecule has 0 aromatic carbocycles. The summed E-state index contributed by atoms with van der Waals surface area (Å²) in [6.45, 7) is 10.2. The summed E-state index contributed by atoms with van der Waals surface area (Å²) >= 11 is 0. The van der Waals surface area contributed by atoms with E-state index in [4.69, 9.17) is 4.74 Å². The van der Waals surface area contributed by atoms with Gasteiger partial charge in [0.1, 0.15) is 12.1 Å². The van der Waals surface area contributed by atoms with Crippen molar-refractivity contribution in [3.8, 4) is 0 Å². The molecule has 0 aliphatic carbocycles. The summed E-state index contributed by atoms with van der Waals surface area (Å²) in [7, 11) is 0. The second-order valence-corrected chi connectivity index (χ2v) is 5.90. The van der Waals surface area contributed by atoms with Gasteiger partial charge in [0.05, 0.1) is 12.2 Å². The van der Waals surface area contributed by atoms with E-state index in [1.54, 1.807) is 4.52 Å². The van der Waals surface area contributed by atoms with Gasteiger partial charge in [-0.15, -0.1) is 0 Å². The molecular formula is C15H24N6O. The largest absolute Gasteiger partial charge is 0.373 e. The fourth-order valence-electron chi connectivity index (χ4n) is 2.98. The van der Waals surface area contributed by atoms with Gasteiger partial charge in [-0.2, -0.15) is 14.6 Å². The van der Waals surface area contributed by atoms with E-state index in [9.17, 15) is 0 Å². The Morgan fingerprint density at radius 1 is 1.32 bits per heavy atom. The molecule has 0 radical (unpaired) electrons. The summed E-state index contributed by atoms with van der Waals surface area (Å²) in [6.07, 6.45) is 3.03. The molecule has 0 saturated carbocycles. The Morgan fingerprint density at radius 3 is 2.82 bits per heavy atom. The summed E-state index contributed by atoms with van der Waals surface area (Å²) in [5, 5.41) is 7.69. The van der Waals surface area contributed by atoms with Gasteiger partial charge in [0, 0.05) is 37.9 Å². The van der Waals surface area contributed by atoms with Gasteiger partial charge in [-0.05, 0) is 20.3 Å². The first-order valence-electron chi connectivity index (χ1n) is 7.97. The zero-order chi connectivity index (χ0) is 15.5. The minimum Gasteiger partial charge on any atom is -0.373 e. The normalized spacial score (nSPS) is 23.0. The van der Waals surface area contributed by atoms with Crippen LogP contribution in [0.5, 0.6) is 0 Å². The number of anilines is 1. The van der Waals surface area contributed by atoms with Crippen LogP contribution >= 0.6 is 0 Å². The number of hydrogen-bond donors (Lipinski definition) is 1. The van der Waals surface area contributed by atoms with Crippen molar-refractivity contribution < 1.29 is 4.74 Å². The van der Waals surface area contributed by atoms with E-state index >= 15 is 0 Å². The maximum absolute atomic E-state index is 5.77. The number of ether oxygens (including phenoxy) is 1. The van der Waals surface area contributed by atoms with Crippen molar-refractivity contribution in [2.75, 3.05) is 31.5 Å². The zero-order valence-electron chi connectivity index (χ0n) is 13.5. The van der Waals surface area contributed by atoms with Crippen molar-refractivity contribution in [1.82, 2.24) is 24.5 Å². The average Bonchev–Trinajstić information content (AvgIpc) is 2.94. The minimum absolute atomic E-state index is 0.304.